The van der Waals surface area contributed by atoms with Gasteiger partial charge in [-0.3, -0.25) is 0 Å². The monoisotopic (exact) mass is 658 g/mol. The van der Waals surface area contributed by atoms with E-state index < -0.39 is 0 Å². The molecule has 0 radical (unpaired) electrons. The summed E-state index contributed by atoms with van der Waals surface area (Å²) in [7, 11) is 0. The summed E-state index contributed by atoms with van der Waals surface area (Å²) >= 11 is 1.78. The van der Waals surface area contributed by atoms with Crippen molar-refractivity contribution in [1.82, 2.24) is 19.9 Å². The summed E-state index contributed by atoms with van der Waals surface area (Å²) in [6.07, 6.45) is 0. The molecule has 3 aromatic heterocycles. The van der Waals surface area contributed by atoms with Crippen LogP contribution >= 0.6 is 11.3 Å². The topological polar surface area (TPSA) is 64.7 Å². The Kier molecular flexibility index (Phi) is 6.60. The number of thiophene rings is 1. The molecule has 3 heterocycles. The van der Waals surface area contributed by atoms with Crippen LogP contribution < -0.4 is 0 Å². The second kappa shape index (κ2) is 11.6. The van der Waals surface area contributed by atoms with E-state index in [9.17, 15) is 0 Å². The zero-order valence-electron chi connectivity index (χ0n) is 26.6. The Labute approximate surface area is 291 Å². The average Bonchev–Trinajstić information content (AvgIpc) is 3.81. The van der Waals surface area contributed by atoms with Gasteiger partial charge in [0.15, 0.2) is 23.1 Å². The van der Waals surface area contributed by atoms with E-state index in [0.717, 1.165) is 60.5 Å². The van der Waals surface area contributed by atoms with Gasteiger partial charge in [-0.05, 0) is 59.0 Å². The first kappa shape index (κ1) is 28.5. The maximum absolute atomic E-state index is 6.54. The van der Waals surface area contributed by atoms with Crippen LogP contribution in [0.5, 0.6) is 0 Å². The molecule has 0 bridgehead atoms. The summed E-state index contributed by atoms with van der Waals surface area (Å²) in [5, 5.41) is 4.46. The van der Waals surface area contributed by atoms with Gasteiger partial charge < -0.3 is 4.42 Å². The molecule has 0 N–H and O–H groups in total. The van der Waals surface area contributed by atoms with Crippen molar-refractivity contribution in [3.8, 4) is 56.7 Å². The molecule has 0 aliphatic heterocycles. The number of aromatic nitrogens is 4. The van der Waals surface area contributed by atoms with E-state index in [1.54, 1.807) is 11.3 Å². The summed E-state index contributed by atoms with van der Waals surface area (Å²) < 4.78 is 8.91. The molecule has 0 amide bonds. The highest BCUT2D eigenvalue weighted by Gasteiger charge is 2.18. The van der Waals surface area contributed by atoms with E-state index in [-0.39, 0.29) is 0 Å². The van der Waals surface area contributed by atoms with Crippen LogP contribution in [0.15, 0.2) is 162 Å². The van der Waals surface area contributed by atoms with Crippen LogP contribution in [0.25, 0.3) is 98.8 Å². The maximum atomic E-state index is 6.54. The lowest BCUT2D eigenvalue weighted by Crippen LogP contribution is -2.00. The SMILES string of the molecule is c1ccc(-c2ccc(-c3nc(-c4ccccc4)nc(-c4ccc5sc6ccc7ccc8nc(-c9ccccc9)oc8c7c6c5c4)n3)cc2)cc1. The molecule has 234 valence electrons. The molecule has 0 aliphatic carbocycles. The lowest BCUT2D eigenvalue weighted by Gasteiger charge is -2.09. The van der Waals surface area contributed by atoms with Crippen molar-refractivity contribution in [3.63, 3.8) is 0 Å². The predicted molar refractivity (Wildman–Crippen MR) is 205 cm³/mol. The number of fused-ring (bicyclic) bond motifs is 7. The number of oxazole rings is 1. The number of nitrogens with zero attached hydrogens (tertiary/aromatic N) is 4. The maximum Gasteiger partial charge on any atom is 0.227 e. The average molecular weight is 659 g/mol. The fourth-order valence-corrected chi connectivity index (χ4v) is 7.79. The van der Waals surface area contributed by atoms with Crippen LogP contribution in [-0.4, -0.2) is 19.9 Å². The Morgan fingerprint density at radius 3 is 1.62 bits per heavy atom. The fourth-order valence-electron chi connectivity index (χ4n) is 6.70. The van der Waals surface area contributed by atoms with Crippen LogP contribution in [-0.2, 0) is 0 Å². The molecule has 0 aliphatic rings. The molecule has 6 heteroatoms. The Morgan fingerprint density at radius 2 is 0.920 bits per heavy atom. The zero-order valence-corrected chi connectivity index (χ0v) is 27.4. The Balaban J connectivity index is 1.16. The molecule has 0 spiro atoms. The number of benzene rings is 7. The van der Waals surface area contributed by atoms with Crippen LogP contribution in [0.4, 0.5) is 0 Å². The molecule has 50 heavy (non-hydrogen) atoms. The van der Waals surface area contributed by atoms with Crippen molar-refractivity contribution in [2.24, 2.45) is 0 Å². The normalized spacial score (nSPS) is 11.6. The second-order valence-electron chi connectivity index (χ2n) is 12.3. The van der Waals surface area contributed by atoms with Gasteiger partial charge in [0, 0.05) is 47.8 Å². The molecule has 7 aromatic carbocycles. The van der Waals surface area contributed by atoms with E-state index in [1.165, 1.54) is 15.0 Å². The first-order chi connectivity index (χ1) is 24.7. The molecule has 10 rings (SSSR count). The summed E-state index contributed by atoms with van der Waals surface area (Å²) in [5.41, 5.74) is 7.70. The molecule has 0 saturated heterocycles. The van der Waals surface area contributed by atoms with Gasteiger partial charge in [-0.15, -0.1) is 11.3 Å². The summed E-state index contributed by atoms with van der Waals surface area (Å²) in [4.78, 5) is 20.0. The van der Waals surface area contributed by atoms with Crippen molar-refractivity contribution in [3.05, 3.63) is 158 Å². The molecule has 0 unspecified atom stereocenters. The van der Waals surface area contributed by atoms with E-state index in [2.05, 4.69) is 84.9 Å². The first-order valence-corrected chi connectivity index (χ1v) is 17.3. The van der Waals surface area contributed by atoms with Crippen LogP contribution in [0.2, 0.25) is 0 Å². The van der Waals surface area contributed by atoms with Crippen LogP contribution in [0, 0.1) is 0 Å². The van der Waals surface area contributed by atoms with E-state index in [0.29, 0.717) is 23.4 Å². The van der Waals surface area contributed by atoms with E-state index in [4.69, 9.17) is 24.4 Å². The largest absolute Gasteiger partial charge is 0.435 e. The zero-order chi connectivity index (χ0) is 33.0. The van der Waals surface area contributed by atoms with Crippen molar-refractivity contribution in [1.29, 1.82) is 0 Å². The van der Waals surface area contributed by atoms with Gasteiger partial charge in [-0.2, -0.15) is 0 Å². The Hall–Kier alpha value is -6.50. The van der Waals surface area contributed by atoms with E-state index in [1.807, 2.05) is 72.8 Å². The van der Waals surface area contributed by atoms with Crippen LogP contribution in [0.3, 0.4) is 0 Å². The number of hydrogen-bond acceptors (Lipinski definition) is 6. The van der Waals surface area contributed by atoms with E-state index >= 15 is 0 Å². The fraction of sp³-hybridized carbons (Fsp3) is 0. The van der Waals surface area contributed by atoms with Gasteiger partial charge in [0.1, 0.15) is 5.52 Å². The smallest absolute Gasteiger partial charge is 0.227 e. The van der Waals surface area contributed by atoms with Crippen LogP contribution in [0.1, 0.15) is 0 Å². The highest BCUT2D eigenvalue weighted by atomic mass is 32.1. The second-order valence-corrected chi connectivity index (χ2v) is 13.3. The van der Waals surface area contributed by atoms with Gasteiger partial charge >= 0.3 is 0 Å². The molecule has 0 saturated carbocycles. The van der Waals surface area contributed by atoms with Crippen molar-refractivity contribution in [2.75, 3.05) is 0 Å². The number of rotatable bonds is 5. The molecule has 0 fully saturated rings. The number of hydrogen-bond donors (Lipinski definition) is 0. The lowest BCUT2D eigenvalue weighted by molar-refractivity contribution is 0.623. The minimum absolute atomic E-state index is 0.619. The molecular weight excluding hydrogens is 633 g/mol. The Bertz CT molecular complexity index is 2850. The van der Waals surface area contributed by atoms with Crippen molar-refractivity contribution >= 4 is 53.4 Å². The highest BCUT2D eigenvalue weighted by Crippen LogP contribution is 2.43. The molecule has 0 atom stereocenters. The third kappa shape index (κ3) is 4.85. The third-order valence-corrected chi connectivity index (χ3v) is 10.3. The Morgan fingerprint density at radius 1 is 0.400 bits per heavy atom. The highest BCUT2D eigenvalue weighted by molar-refractivity contribution is 7.26. The van der Waals surface area contributed by atoms with Gasteiger partial charge in [0.05, 0.1) is 0 Å². The molecular formula is C44H26N4OS. The van der Waals surface area contributed by atoms with Gasteiger partial charge in [-0.25, -0.2) is 19.9 Å². The molecule has 5 nitrogen and oxygen atoms in total. The van der Waals surface area contributed by atoms with Crippen molar-refractivity contribution in [2.45, 2.75) is 0 Å². The minimum Gasteiger partial charge on any atom is -0.435 e. The quantitative estimate of drug-likeness (QED) is 0.184. The lowest BCUT2D eigenvalue weighted by atomic mass is 10.0. The minimum atomic E-state index is 0.619. The summed E-state index contributed by atoms with van der Waals surface area (Å²) in [6.45, 7) is 0. The van der Waals surface area contributed by atoms with Gasteiger partial charge in [-0.1, -0.05) is 115 Å². The summed E-state index contributed by atoms with van der Waals surface area (Å²) in [5.74, 6) is 2.51. The predicted octanol–water partition coefficient (Wildman–Crippen LogP) is 11.9. The van der Waals surface area contributed by atoms with Gasteiger partial charge in [0.25, 0.3) is 0 Å². The van der Waals surface area contributed by atoms with Gasteiger partial charge in [0.2, 0.25) is 5.89 Å². The third-order valence-electron chi connectivity index (χ3n) is 9.17. The van der Waals surface area contributed by atoms with Crippen molar-refractivity contribution < 1.29 is 4.42 Å². The first-order valence-electron chi connectivity index (χ1n) is 16.5. The standard InChI is InChI=1S/C44H26N4OS/c1-4-10-27(11-5-1)28-16-18-31(19-17-28)42-46-41(30-12-6-2-7-13-30)47-43(48-42)33-22-24-36-34(26-33)39-37(50-36)25-21-29-20-23-35-40(38(29)39)49-44(45-35)32-14-8-3-9-15-32/h1-26H. The summed E-state index contributed by atoms with van der Waals surface area (Å²) in [6, 6.07) is 54.0. The molecule has 10 aromatic rings.